The minimum Gasteiger partial charge on any atom is -0.393 e. The van der Waals surface area contributed by atoms with Gasteiger partial charge in [-0.05, 0) is 0 Å². The molecule has 0 aliphatic rings. The van der Waals surface area contributed by atoms with E-state index in [-0.39, 0.29) is 13.0 Å². The maximum absolute atomic E-state index is 10.6. The van der Waals surface area contributed by atoms with E-state index in [0.29, 0.717) is 0 Å². The van der Waals surface area contributed by atoms with E-state index in [2.05, 4.69) is 14.5 Å². The molecule has 0 aliphatic carbocycles. The van der Waals surface area contributed by atoms with Crippen molar-refractivity contribution >= 4 is 11.9 Å². The van der Waals surface area contributed by atoms with Gasteiger partial charge in [-0.2, -0.15) is 4.89 Å². The zero-order valence-corrected chi connectivity index (χ0v) is 6.40. The average molecular weight is 173 g/mol. The first-order valence-corrected chi connectivity index (χ1v) is 3.05. The van der Waals surface area contributed by atoms with Gasteiger partial charge in [0.1, 0.15) is 6.61 Å². The number of nitriles is 1. The number of hydrogen-bond donors (Lipinski definition) is 0. The van der Waals surface area contributed by atoms with Gasteiger partial charge in [-0.3, -0.25) is 14.5 Å². The van der Waals surface area contributed by atoms with Crippen LogP contribution >= 0.6 is 0 Å². The third-order valence-electron chi connectivity index (χ3n) is 0.743. The molecule has 0 rings (SSSR count). The summed E-state index contributed by atoms with van der Waals surface area (Å²) >= 11 is 0. The lowest BCUT2D eigenvalue weighted by atomic mass is 10.5. The van der Waals surface area contributed by atoms with Gasteiger partial charge in [0.15, 0.2) is 0 Å². The van der Waals surface area contributed by atoms with E-state index in [1.54, 1.807) is 0 Å². The third-order valence-corrected chi connectivity index (χ3v) is 0.743. The molecule has 0 heterocycles. The zero-order valence-electron chi connectivity index (χ0n) is 6.40. The molecular weight excluding hydrogens is 166 g/mol. The Bertz CT molecular complexity index is 206. The van der Waals surface area contributed by atoms with Crippen molar-refractivity contribution in [2.75, 3.05) is 6.61 Å². The molecule has 0 amide bonds. The van der Waals surface area contributed by atoms with E-state index in [0.717, 1.165) is 6.92 Å². The normalized spacial score (nSPS) is 8.33. The summed E-state index contributed by atoms with van der Waals surface area (Å²) in [6.07, 6.45) is 1.10. The van der Waals surface area contributed by atoms with E-state index in [4.69, 9.17) is 5.26 Å². The monoisotopic (exact) mass is 173 g/mol. The Hall–Kier alpha value is -1.61. The van der Waals surface area contributed by atoms with Crippen molar-refractivity contribution in [3.8, 4) is 6.26 Å². The van der Waals surface area contributed by atoms with Crippen LogP contribution in [0, 0.1) is 11.5 Å². The molecule has 12 heavy (non-hydrogen) atoms. The lowest BCUT2D eigenvalue weighted by Crippen LogP contribution is -2.11. The molecule has 0 saturated carbocycles. The summed E-state index contributed by atoms with van der Waals surface area (Å²) in [7, 11) is 0. The molecule has 6 nitrogen and oxygen atoms in total. The summed E-state index contributed by atoms with van der Waals surface area (Å²) in [6.45, 7) is 0.990. The Kier molecular flexibility index (Phi) is 5.30. The van der Waals surface area contributed by atoms with Crippen LogP contribution in [-0.4, -0.2) is 18.5 Å². The number of carbonyl (C=O) groups excluding carboxylic acids is 2. The Morgan fingerprint density at radius 2 is 2.17 bits per heavy atom. The predicted molar refractivity (Wildman–Crippen MR) is 34.0 cm³/mol. The summed E-state index contributed by atoms with van der Waals surface area (Å²) in [5.74, 6) is -1.40. The standard InChI is InChI=1S/C6H7NO5/c1-5(8)12-6(9)2-3-10-11-4-7/h2-3H2,1H3. The molecule has 0 radical (unpaired) electrons. The van der Waals surface area contributed by atoms with Crippen LogP contribution < -0.4 is 0 Å². The second kappa shape index (κ2) is 6.12. The molecule has 0 atom stereocenters. The second-order valence-corrected chi connectivity index (χ2v) is 1.71. The molecule has 0 aliphatic heterocycles. The van der Waals surface area contributed by atoms with Gasteiger partial charge < -0.3 is 4.74 Å². The predicted octanol–water partition coefficient (Wildman–Crippen LogP) is -0.105. The van der Waals surface area contributed by atoms with Crippen LogP contribution in [0.15, 0.2) is 0 Å². The van der Waals surface area contributed by atoms with Crippen molar-refractivity contribution in [2.45, 2.75) is 13.3 Å². The van der Waals surface area contributed by atoms with E-state index in [9.17, 15) is 9.59 Å². The lowest BCUT2D eigenvalue weighted by Gasteiger charge is -1.97. The Morgan fingerprint density at radius 1 is 1.50 bits per heavy atom. The second-order valence-electron chi connectivity index (χ2n) is 1.71. The number of ether oxygens (including phenoxy) is 1. The molecule has 0 aromatic rings. The lowest BCUT2D eigenvalue weighted by molar-refractivity contribution is -0.239. The maximum Gasteiger partial charge on any atom is 0.324 e. The summed E-state index contributed by atoms with van der Waals surface area (Å²) in [6, 6.07) is 0. The highest BCUT2D eigenvalue weighted by molar-refractivity contribution is 5.84. The van der Waals surface area contributed by atoms with Gasteiger partial charge in [0, 0.05) is 6.92 Å². The number of esters is 2. The smallest absolute Gasteiger partial charge is 0.324 e. The number of carbonyl (C=O) groups is 2. The van der Waals surface area contributed by atoms with Crippen LogP contribution in [0.5, 0.6) is 0 Å². The zero-order chi connectivity index (χ0) is 9.40. The van der Waals surface area contributed by atoms with Crippen molar-refractivity contribution in [1.29, 1.82) is 5.26 Å². The number of nitrogens with zero attached hydrogens (tertiary/aromatic N) is 1. The van der Waals surface area contributed by atoms with Crippen molar-refractivity contribution in [3.05, 3.63) is 0 Å². The SMILES string of the molecule is CC(=O)OC(=O)CCOOC#N. The molecule has 0 bridgehead atoms. The van der Waals surface area contributed by atoms with Crippen LogP contribution in [0.4, 0.5) is 0 Å². The first-order valence-electron chi connectivity index (χ1n) is 3.05. The average Bonchev–Trinajstić information content (AvgIpc) is 1.97. The van der Waals surface area contributed by atoms with Crippen LogP contribution in [0.25, 0.3) is 0 Å². The largest absolute Gasteiger partial charge is 0.393 e. The van der Waals surface area contributed by atoms with Gasteiger partial charge in [0.25, 0.3) is 0 Å². The quantitative estimate of drug-likeness (QED) is 0.147. The van der Waals surface area contributed by atoms with E-state index < -0.39 is 11.9 Å². The Balaban J connectivity index is 3.33. The molecule has 0 aromatic carbocycles. The maximum atomic E-state index is 10.6. The third kappa shape index (κ3) is 6.51. The van der Waals surface area contributed by atoms with Gasteiger partial charge in [0.05, 0.1) is 6.42 Å². The molecule has 6 heteroatoms. The van der Waals surface area contributed by atoms with Crippen LogP contribution in [-0.2, 0) is 24.1 Å². The van der Waals surface area contributed by atoms with E-state index >= 15 is 0 Å². The van der Waals surface area contributed by atoms with Gasteiger partial charge in [-0.25, -0.2) is 0 Å². The molecule has 0 N–H and O–H groups in total. The first-order chi connectivity index (χ1) is 5.66. The summed E-state index contributed by atoms with van der Waals surface area (Å²) in [5, 5.41) is 7.81. The molecule has 0 spiro atoms. The van der Waals surface area contributed by atoms with E-state index in [1.807, 2.05) is 0 Å². The first kappa shape index (κ1) is 10.4. The molecule has 0 unspecified atom stereocenters. The van der Waals surface area contributed by atoms with Gasteiger partial charge in [-0.1, -0.05) is 0 Å². The van der Waals surface area contributed by atoms with Crippen molar-refractivity contribution in [2.24, 2.45) is 0 Å². The fraction of sp³-hybridized carbons (Fsp3) is 0.500. The highest BCUT2D eigenvalue weighted by Gasteiger charge is 2.05. The summed E-state index contributed by atoms with van der Waals surface area (Å²) in [5.41, 5.74) is 0. The molecular formula is C6H7NO5. The van der Waals surface area contributed by atoms with Gasteiger partial charge in [-0.15, -0.1) is 5.26 Å². The Labute approximate surface area is 68.5 Å². The van der Waals surface area contributed by atoms with Crippen molar-refractivity contribution in [3.63, 3.8) is 0 Å². The van der Waals surface area contributed by atoms with E-state index in [1.165, 1.54) is 6.26 Å². The van der Waals surface area contributed by atoms with Gasteiger partial charge in [0.2, 0.25) is 0 Å². The molecule has 0 fully saturated rings. The fourth-order valence-electron chi connectivity index (χ4n) is 0.404. The number of rotatable bonds is 4. The van der Waals surface area contributed by atoms with Crippen LogP contribution in [0.1, 0.15) is 13.3 Å². The fourth-order valence-corrected chi connectivity index (χ4v) is 0.404. The van der Waals surface area contributed by atoms with Crippen molar-refractivity contribution in [1.82, 2.24) is 0 Å². The number of hydrogen-bond acceptors (Lipinski definition) is 6. The van der Waals surface area contributed by atoms with Crippen LogP contribution in [0.2, 0.25) is 0 Å². The van der Waals surface area contributed by atoms with Crippen molar-refractivity contribution < 1.29 is 24.1 Å². The van der Waals surface area contributed by atoms with Gasteiger partial charge >= 0.3 is 18.2 Å². The Morgan fingerprint density at radius 3 is 2.67 bits per heavy atom. The molecule has 66 valence electrons. The molecule has 0 aromatic heterocycles. The van der Waals surface area contributed by atoms with Crippen LogP contribution in [0.3, 0.4) is 0 Å². The minimum absolute atomic E-state index is 0.125. The summed E-state index contributed by atoms with van der Waals surface area (Å²) in [4.78, 5) is 28.7. The highest BCUT2D eigenvalue weighted by Crippen LogP contribution is 1.88. The highest BCUT2D eigenvalue weighted by atomic mass is 17.2. The summed E-state index contributed by atoms with van der Waals surface area (Å²) < 4.78 is 4.13. The minimum atomic E-state index is -0.718. The topological polar surface area (TPSA) is 85.6 Å². The molecule has 0 saturated heterocycles.